The molecular formula is C24H19FN4O. The first-order chi connectivity index (χ1) is 14.5. The third-order valence-corrected chi connectivity index (χ3v) is 5.10. The highest BCUT2D eigenvalue weighted by molar-refractivity contribution is 6.07. The fraction of sp³-hybridized carbons (Fsp3) is 0.125. The number of hydrogen-bond acceptors (Lipinski definition) is 3. The van der Waals surface area contributed by atoms with Gasteiger partial charge in [-0.25, -0.2) is 4.39 Å². The van der Waals surface area contributed by atoms with Crippen LogP contribution in [0.2, 0.25) is 0 Å². The van der Waals surface area contributed by atoms with Crippen LogP contribution < -0.4 is 4.90 Å². The van der Waals surface area contributed by atoms with Crippen LogP contribution in [0.15, 0.2) is 60.9 Å². The molecule has 0 saturated heterocycles. The van der Waals surface area contributed by atoms with Crippen LogP contribution in [0.1, 0.15) is 32.7 Å². The van der Waals surface area contributed by atoms with Crippen molar-refractivity contribution in [3.05, 3.63) is 94.7 Å². The number of nitriles is 1. The number of aryl methyl sites for hydroxylation is 2. The number of halogens is 1. The summed E-state index contributed by atoms with van der Waals surface area (Å²) in [6.07, 6.45) is 3.20. The molecule has 0 bridgehead atoms. The second-order valence-electron chi connectivity index (χ2n) is 7.19. The molecule has 4 aromatic rings. The van der Waals surface area contributed by atoms with Crippen LogP contribution >= 0.6 is 0 Å². The van der Waals surface area contributed by atoms with E-state index in [0.717, 1.165) is 27.7 Å². The summed E-state index contributed by atoms with van der Waals surface area (Å²) in [4.78, 5) is 22.4. The maximum Gasteiger partial charge on any atom is 0.258 e. The number of fused-ring (bicyclic) bond motifs is 1. The monoisotopic (exact) mass is 398 g/mol. The van der Waals surface area contributed by atoms with Gasteiger partial charge in [0.05, 0.1) is 12.1 Å². The molecule has 6 heteroatoms. The van der Waals surface area contributed by atoms with Crippen LogP contribution in [-0.2, 0) is 6.54 Å². The van der Waals surface area contributed by atoms with Crippen LogP contribution in [0, 0.1) is 31.0 Å². The lowest BCUT2D eigenvalue weighted by Crippen LogP contribution is -2.31. The number of carbonyl (C=O) groups is 1. The third-order valence-electron chi connectivity index (χ3n) is 5.10. The molecule has 0 aliphatic heterocycles. The summed E-state index contributed by atoms with van der Waals surface area (Å²) < 4.78 is 13.9. The van der Waals surface area contributed by atoms with Crippen LogP contribution in [0.3, 0.4) is 0 Å². The van der Waals surface area contributed by atoms with Crippen molar-refractivity contribution in [2.75, 3.05) is 4.90 Å². The Hall–Kier alpha value is -3.98. The smallest absolute Gasteiger partial charge is 0.258 e. The molecule has 0 fully saturated rings. The van der Waals surface area contributed by atoms with E-state index in [1.54, 1.807) is 23.4 Å². The zero-order valence-electron chi connectivity index (χ0n) is 16.6. The topological polar surface area (TPSA) is 72.8 Å². The lowest BCUT2D eigenvalue weighted by atomic mass is 10.1. The minimum Gasteiger partial charge on any atom is -0.359 e. The van der Waals surface area contributed by atoms with E-state index in [1.807, 2.05) is 44.2 Å². The first kappa shape index (κ1) is 19.3. The molecule has 1 amide bonds. The Bertz CT molecular complexity index is 1300. The standard InChI is InChI=1S/C24H19FN4O/c1-15-13-27-9-8-20(15)24(30)29(19-6-7-22(25)18(11-19)12-26)14-17-4-3-5-23-21(17)10-16(2)28-23/h3-11,13,28H,14H2,1-2H3. The van der Waals surface area contributed by atoms with Gasteiger partial charge in [0.15, 0.2) is 0 Å². The summed E-state index contributed by atoms with van der Waals surface area (Å²) >= 11 is 0. The summed E-state index contributed by atoms with van der Waals surface area (Å²) in [5.74, 6) is -0.855. The maximum absolute atomic E-state index is 13.9. The van der Waals surface area contributed by atoms with E-state index in [2.05, 4.69) is 9.97 Å². The van der Waals surface area contributed by atoms with Gasteiger partial charge in [-0.1, -0.05) is 12.1 Å². The van der Waals surface area contributed by atoms with Crippen molar-refractivity contribution in [2.24, 2.45) is 0 Å². The highest BCUT2D eigenvalue weighted by atomic mass is 19.1. The normalized spacial score (nSPS) is 10.7. The van der Waals surface area contributed by atoms with Crippen molar-refractivity contribution in [3.63, 3.8) is 0 Å². The number of benzene rings is 2. The van der Waals surface area contributed by atoms with E-state index in [-0.39, 0.29) is 18.0 Å². The largest absolute Gasteiger partial charge is 0.359 e. The number of nitrogens with zero attached hydrogens (tertiary/aromatic N) is 3. The molecule has 4 rings (SSSR count). The molecule has 0 aliphatic carbocycles. The molecule has 0 radical (unpaired) electrons. The average Bonchev–Trinajstić information content (AvgIpc) is 3.13. The number of amides is 1. The van der Waals surface area contributed by atoms with Crippen molar-refractivity contribution < 1.29 is 9.18 Å². The van der Waals surface area contributed by atoms with Gasteiger partial charge in [-0.15, -0.1) is 0 Å². The molecule has 0 atom stereocenters. The molecule has 148 valence electrons. The van der Waals surface area contributed by atoms with Gasteiger partial charge in [0.2, 0.25) is 0 Å². The van der Waals surface area contributed by atoms with Crippen LogP contribution in [-0.4, -0.2) is 15.9 Å². The Morgan fingerprint density at radius 2 is 2.03 bits per heavy atom. The van der Waals surface area contributed by atoms with Crippen LogP contribution in [0.25, 0.3) is 10.9 Å². The predicted octanol–water partition coefficient (Wildman–Crippen LogP) is 5.04. The van der Waals surface area contributed by atoms with E-state index in [9.17, 15) is 14.4 Å². The SMILES string of the molecule is Cc1cc2c(CN(C(=O)c3ccncc3C)c3ccc(F)c(C#N)c3)cccc2[nH]1. The van der Waals surface area contributed by atoms with Gasteiger partial charge in [0.1, 0.15) is 11.9 Å². The van der Waals surface area contributed by atoms with Gasteiger partial charge in [0.25, 0.3) is 5.91 Å². The Morgan fingerprint density at radius 3 is 2.80 bits per heavy atom. The summed E-state index contributed by atoms with van der Waals surface area (Å²) in [6, 6.07) is 15.6. The number of aromatic amines is 1. The minimum absolute atomic E-state index is 0.104. The number of nitrogens with one attached hydrogen (secondary N) is 1. The molecule has 1 N–H and O–H groups in total. The summed E-state index contributed by atoms with van der Waals surface area (Å²) in [7, 11) is 0. The Morgan fingerprint density at radius 1 is 1.20 bits per heavy atom. The second kappa shape index (κ2) is 7.80. The molecule has 5 nitrogen and oxygen atoms in total. The molecule has 2 heterocycles. The second-order valence-corrected chi connectivity index (χ2v) is 7.19. The number of rotatable bonds is 4. The lowest BCUT2D eigenvalue weighted by molar-refractivity contribution is 0.0984. The maximum atomic E-state index is 13.9. The third kappa shape index (κ3) is 3.53. The van der Waals surface area contributed by atoms with Gasteiger partial charge in [-0.05, 0) is 61.4 Å². The highest BCUT2D eigenvalue weighted by Gasteiger charge is 2.22. The van der Waals surface area contributed by atoms with E-state index in [4.69, 9.17) is 0 Å². The molecule has 0 spiro atoms. The number of H-pyrrole nitrogens is 1. The van der Waals surface area contributed by atoms with Crippen molar-refractivity contribution in [1.82, 2.24) is 9.97 Å². The van der Waals surface area contributed by atoms with Gasteiger partial charge in [0, 0.05) is 40.2 Å². The Balaban J connectivity index is 1.84. The molecule has 0 aliphatic rings. The highest BCUT2D eigenvalue weighted by Crippen LogP contribution is 2.27. The van der Waals surface area contributed by atoms with Gasteiger partial charge in [-0.3, -0.25) is 9.78 Å². The Kier molecular flexibility index (Phi) is 5.03. The minimum atomic E-state index is -0.614. The van der Waals surface area contributed by atoms with E-state index < -0.39 is 5.82 Å². The fourth-order valence-corrected chi connectivity index (χ4v) is 3.57. The zero-order valence-corrected chi connectivity index (χ0v) is 16.6. The number of anilines is 1. The lowest BCUT2D eigenvalue weighted by Gasteiger charge is -2.24. The number of carbonyl (C=O) groups excluding carboxylic acids is 1. The quantitative estimate of drug-likeness (QED) is 0.524. The zero-order chi connectivity index (χ0) is 21.3. The van der Waals surface area contributed by atoms with Crippen molar-refractivity contribution in [1.29, 1.82) is 5.26 Å². The average molecular weight is 398 g/mol. The predicted molar refractivity (Wildman–Crippen MR) is 114 cm³/mol. The first-order valence-electron chi connectivity index (χ1n) is 9.47. The molecule has 2 aromatic carbocycles. The van der Waals surface area contributed by atoms with Crippen LogP contribution in [0.5, 0.6) is 0 Å². The number of hydrogen-bond donors (Lipinski definition) is 1. The molecule has 0 saturated carbocycles. The molecule has 0 unspecified atom stereocenters. The van der Waals surface area contributed by atoms with Gasteiger partial charge >= 0.3 is 0 Å². The van der Waals surface area contributed by atoms with E-state index >= 15 is 0 Å². The van der Waals surface area contributed by atoms with Crippen LogP contribution in [0.4, 0.5) is 10.1 Å². The van der Waals surface area contributed by atoms with E-state index in [1.165, 1.54) is 18.2 Å². The van der Waals surface area contributed by atoms with E-state index in [0.29, 0.717) is 11.3 Å². The molecule has 30 heavy (non-hydrogen) atoms. The van der Waals surface area contributed by atoms with Gasteiger partial charge in [-0.2, -0.15) is 5.26 Å². The summed E-state index contributed by atoms with van der Waals surface area (Å²) in [6.45, 7) is 4.07. The Labute approximate surface area is 173 Å². The van der Waals surface area contributed by atoms with Gasteiger partial charge < -0.3 is 9.88 Å². The summed E-state index contributed by atoms with van der Waals surface area (Å²) in [5, 5.41) is 10.3. The van der Waals surface area contributed by atoms with Crippen molar-refractivity contribution in [2.45, 2.75) is 20.4 Å². The van der Waals surface area contributed by atoms with Crippen molar-refractivity contribution in [3.8, 4) is 6.07 Å². The first-order valence-corrected chi connectivity index (χ1v) is 9.47. The summed E-state index contributed by atoms with van der Waals surface area (Å²) in [5.41, 5.74) is 4.55. The number of aromatic nitrogens is 2. The molecular weight excluding hydrogens is 379 g/mol. The molecule has 2 aromatic heterocycles. The fourth-order valence-electron chi connectivity index (χ4n) is 3.57. The van der Waals surface area contributed by atoms with Crippen molar-refractivity contribution >= 4 is 22.5 Å². The number of pyridine rings is 1.